The number of methoxy groups -OCH3 is 1. The number of nitrogens with two attached hydrogens (primary N) is 1. The van der Waals surface area contributed by atoms with Crippen molar-refractivity contribution in [2.24, 2.45) is 0 Å². The zero-order valence-electron chi connectivity index (χ0n) is 12.2. The number of sulfonamides is 1. The number of nitrogens with zero attached hydrogens (tertiary/aromatic N) is 1. The molecule has 1 aromatic carbocycles. The lowest BCUT2D eigenvalue weighted by Gasteiger charge is -2.22. The molecular formula is C14H24N2O3S. The van der Waals surface area contributed by atoms with Gasteiger partial charge in [-0.05, 0) is 24.5 Å². The third kappa shape index (κ3) is 5.11. The zero-order chi connectivity index (χ0) is 15.0. The molecule has 1 rings (SSSR count). The summed E-state index contributed by atoms with van der Waals surface area (Å²) < 4.78 is 31.1. The van der Waals surface area contributed by atoms with Gasteiger partial charge in [0.2, 0.25) is 10.0 Å². The summed E-state index contributed by atoms with van der Waals surface area (Å²) in [5, 5.41) is 0. The van der Waals surface area contributed by atoms with Crippen molar-refractivity contribution in [2.75, 3.05) is 31.7 Å². The van der Waals surface area contributed by atoms with Gasteiger partial charge in [0.05, 0.1) is 5.75 Å². The summed E-state index contributed by atoms with van der Waals surface area (Å²) in [7, 11) is -1.70. The molecule has 0 amide bonds. The molecular weight excluding hydrogens is 276 g/mol. The maximum atomic E-state index is 12.3. The van der Waals surface area contributed by atoms with E-state index < -0.39 is 10.0 Å². The molecule has 0 radical (unpaired) electrons. The number of ether oxygens (including phenoxy) is 1. The fraction of sp³-hybridized carbons (Fsp3) is 0.571. The Morgan fingerprint density at radius 3 is 2.60 bits per heavy atom. The largest absolute Gasteiger partial charge is 0.398 e. The van der Waals surface area contributed by atoms with Crippen LogP contribution in [0.4, 0.5) is 5.69 Å². The number of rotatable bonds is 9. The molecule has 114 valence electrons. The van der Waals surface area contributed by atoms with Gasteiger partial charge in [0.25, 0.3) is 0 Å². The topological polar surface area (TPSA) is 72.6 Å². The van der Waals surface area contributed by atoms with Gasteiger partial charge in [-0.3, -0.25) is 0 Å². The van der Waals surface area contributed by atoms with Gasteiger partial charge in [0, 0.05) is 32.5 Å². The molecule has 0 saturated carbocycles. The van der Waals surface area contributed by atoms with Gasteiger partial charge in [0.15, 0.2) is 0 Å². The third-order valence-corrected chi connectivity index (χ3v) is 4.92. The summed E-state index contributed by atoms with van der Waals surface area (Å²) in [6, 6.07) is 7.36. The highest BCUT2D eigenvalue weighted by atomic mass is 32.2. The lowest BCUT2D eigenvalue weighted by atomic mass is 10.2. The first-order chi connectivity index (χ1) is 9.51. The van der Waals surface area contributed by atoms with Crippen LogP contribution in [-0.4, -0.2) is 38.7 Å². The van der Waals surface area contributed by atoms with Gasteiger partial charge in [0.1, 0.15) is 0 Å². The number of hydrogen-bond donors (Lipinski definition) is 1. The Morgan fingerprint density at radius 1 is 1.30 bits per heavy atom. The average Bonchev–Trinajstić information content (AvgIpc) is 2.40. The number of para-hydroxylation sites is 1. The molecule has 5 nitrogen and oxygen atoms in total. The molecule has 2 N–H and O–H groups in total. The second kappa shape index (κ2) is 8.24. The molecule has 0 bridgehead atoms. The van der Waals surface area contributed by atoms with Crippen LogP contribution >= 0.6 is 0 Å². The number of nitrogen functional groups attached to an aromatic ring is 1. The molecule has 6 heteroatoms. The first-order valence-corrected chi connectivity index (χ1v) is 8.42. The Labute approximate surface area is 121 Å². The Bertz CT molecular complexity index is 503. The predicted octanol–water partition coefficient (Wildman–Crippen LogP) is 1.85. The van der Waals surface area contributed by atoms with Crippen molar-refractivity contribution in [3.63, 3.8) is 0 Å². The summed E-state index contributed by atoms with van der Waals surface area (Å²) in [6.45, 7) is 3.25. The normalized spacial score (nSPS) is 11.9. The van der Waals surface area contributed by atoms with Crippen LogP contribution in [-0.2, 0) is 21.3 Å². The van der Waals surface area contributed by atoms with Crippen molar-refractivity contribution in [1.29, 1.82) is 0 Å². The monoisotopic (exact) mass is 300 g/mol. The molecule has 0 heterocycles. The van der Waals surface area contributed by atoms with E-state index in [0.29, 0.717) is 31.8 Å². The first kappa shape index (κ1) is 16.9. The van der Waals surface area contributed by atoms with Gasteiger partial charge in [-0.15, -0.1) is 0 Å². The molecule has 0 aromatic heterocycles. The van der Waals surface area contributed by atoms with Crippen LogP contribution in [0.5, 0.6) is 0 Å². The minimum Gasteiger partial charge on any atom is -0.398 e. The Balaban J connectivity index is 2.80. The average molecular weight is 300 g/mol. The standard InChI is InChI=1S/C14H24N2O3S/c1-3-9-16(20(17,18)11-6-10-19-2)12-13-7-4-5-8-14(13)15/h4-5,7-8H,3,6,9-12,15H2,1-2H3. The van der Waals surface area contributed by atoms with E-state index in [-0.39, 0.29) is 5.75 Å². The lowest BCUT2D eigenvalue weighted by molar-refractivity contribution is 0.199. The SMILES string of the molecule is CCCN(Cc1ccccc1N)S(=O)(=O)CCCOC. The molecule has 20 heavy (non-hydrogen) atoms. The molecule has 0 unspecified atom stereocenters. The fourth-order valence-corrected chi connectivity index (χ4v) is 3.49. The quantitative estimate of drug-likeness (QED) is 0.558. The Morgan fingerprint density at radius 2 is 2.00 bits per heavy atom. The van der Waals surface area contributed by atoms with E-state index in [0.717, 1.165) is 12.0 Å². The maximum Gasteiger partial charge on any atom is 0.214 e. The minimum atomic E-state index is -3.27. The summed E-state index contributed by atoms with van der Waals surface area (Å²) in [5.41, 5.74) is 7.36. The van der Waals surface area contributed by atoms with Gasteiger partial charge in [-0.25, -0.2) is 8.42 Å². The Kier molecular flexibility index (Phi) is 6.98. The van der Waals surface area contributed by atoms with E-state index in [1.807, 2.05) is 25.1 Å². The van der Waals surface area contributed by atoms with E-state index in [2.05, 4.69) is 0 Å². The van der Waals surface area contributed by atoms with E-state index in [1.54, 1.807) is 13.2 Å². The van der Waals surface area contributed by atoms with E-state index in [4.69, 9.17) is 10.5 Å². The summed E-state index contributed by atoms with van der Waals surface area (Å²) in [4.78, 5) is 0. The Hall–Kier alpha value is -1.11. The lowest BCUT2D eigenvalue weighted by Crippen LogP contribution is -2.33. The van der Waals surface area contributed by atoms with Crippen molar-refractivity contribution in [3.8, 4) is 0 Å². The van der Waals surface area contributed by atoms with Crippen LogP contribution in [0.25, 0.3) is 0 Å². The van der Waals surface area contributed by atoms with Gasteiger partial charge in [-0.1, -0.05) is 25.1 Å². The second-order valence-corrected chi connectivity index (χ2v) is 6.78. The van der Waals surface area contributed by atoms with Crippen molar-refractivity contribution in [1.82, 2.24) is 4.31 Å². The highest BCUT2D eigenvalue weighted by Gasteiger charge is 2.21. The van der Waals surface area contributed by atoms with E-state index >= 15 is 0 Å². The van der Waals surface area contributed by atoms with Crippen molar-refractivity contribution in [2.45, 2.75) is 26.3 Å². The fourth-order valence-electron chi connectivity index (χ4n) is 1.95. The van der Waals surface area contributed by atoms with Crippen LogP contribution in [0.2, 0.25) is 0 Å². The van der Waals surface area contributed by atoms with Crippen molar-refractivity contribution in [3.05, 3.63) is 29.8 Å². The summed E-state index contributed by atoms with van der Waals surface area (Å²) >= 11 is 0. The van der Waals surface area contributed by atoms with Crippen LogP contribution in [0.15, 0.2) is 24.3 Å². The highest BCUT2D eigenvalue weighted by molar-refractivity contribution is 7.89. The molecule has 0 spiro atoms. The number of hydrogen-bond acceptors (Lipinski definition) is 4. The van der Waals surface area contributed by atoms with E-state index in [9.17, 15) is 8.42 Å². The molecule has 0 fully saturated rings. The third-order valence-electron chi connectivity index (χ3n) is 3.02. The van der Waals surface area contributed by atoms with Crippen LogP contribution in [0.1, 0.15) is 25.3 Å². The minimum absolute atomic E-state index is 0.105. The molecule has 0 aliphatic heterocycles. The molecule has 0 aliphatic carbocycles. The smallest absolute Gasteiger partial charge is 0.214 e. The van der Waals surface area contributed by atoms with Gasteiger partial charge in [-0.2, -0.15) is 4.31 Å². The summed E-state index contributed by atoms with van der Waals surface area (Å²) in [5.74, 6) is 0.105. The first-order valence-electron chi connectivity index (χ1n) is 6.81. The molecule has 0 atom stereocenters. The zero-order valence-corrected chi connectivity index (χ0v) is 13.0. The second-order valence-electron chi connectivity index (χ2n) is 4.69. The molecule has 0 aliphatic rings. The van der Waals surface area contributed by atoms with Crippen LogP contribution in [0, 0.1) is 0 Å². The maximum absolute atomic E-state index is 12.3. The summed E-state index contributed by atoms with van der Waals surface area (Å²) in [6.07, 6.45) is 1.28. The highest BCUT2D eigenvalue weighted by Crippen LogP contribution is 2.16. The van der Waals surface area contributed by atoms with E-state index in [1.165, 1.54) is 4.31 Å². The van der Waals surface area contributed by atoms with Gasteiger partial charge >= 0.3 is 0 Å². The van der Waals surface area contributed by atoms with Crippen LogP contribution in [0.3, 0.4) is 0 Å². The predicted molar refractivity (Wildman–Crippen MR) is 81.8 cm³/mol. The van der Waals surface area contributed by atoms with Crippen LogP contribution < -0.4 is 5.73 Å². The molecule has 0 saturated heterocycles. The van der Waals surface area contributed by atoms with Gasteiger partial charge < -0.3 is 10.5 Å². The number of anilines is 1. The number of benzene rings is 1. The van der Waals surface area contributed by atoms with Crippen molar-refractivity contribution >= 4 is 15.7 Å². The van der Waals surface area contributed by atoms with Crippen molar-refractivity contribution < 1.29 is 13.2 Å². The molecule has 1 aromatic rings.